The third-order valence-corrected chi connectivity index (χ3v) is 2.74. The molecule has 18 heavy (non-hydrogen) atoms. The number of aromatic nitrogens is 1. The molecule has 0 aliphatic carbocycles. The molecule has 0 aliphatic rings. The van der Waals surface area contributed by atoms with Crippen LogP contribution >= 0.6 is 0 Å². The van der Waals surface area contributed by atoms with Gasteiger partial charge in [-0.25, -0.2) is 5.01 Å². The average molecular weight is 241 g/mol. The standard InChI is InChI=1S/C14H15N3O/c1-12-7-8-13(11-15-12)9-10-17(16-18)14-5-3-2-4-6-14/h2-8,11H,9-10H2,1H3. The van der Waals surface area contributed by atoms with Crippen LogP contribution in [0, 0.1) is 11.8 Å². The lowest BCUT2D eigenvalue weighted by Crippen LogP contribution is -2.18. The van der Waals surface area contributed by atoms with Gasteiger partial charge in [-0.3, -0.25) is 4.98 Å². The lowest BCUT2D eigenvalue weighted by atomic mass is 10.2. The fourth-order valence-electron chi connectivity index (χ4n) is 1.70. The van der Waals surface area contributed by atoms with Crippen molar-refractivity contribution in [2.45, 2.75) is 13.3 Å². The first kappa shape index (κ1) is 12.2. The van der Waals surface area contributed by atoms with Crippen molar-refractivity contribution in [1.29, 1.82) is 0 Å². The Labute approximate surface area is 106 Å². The van der Waals surface area contributed by atoms with Crippen LogP contribution in [0.4, 0.5) is 5.69 Å². The van der Waals surface area contributed by atoms with Crippen LogP contribution in [-0.4, -0.2) is 11.5 Å². The highest BCUT2D eigenvalue weighted by Gasteiger charge is 2.05. The summed E-state index contributed by atoms with van der Waals surface area (Å²) in [4.78, 5) is 15.1. The minimum atomic E-state index is 0.554. The van der Waals surface area contributed by atoms with Gasteiger partial charge in [-0.2, -0.15) is 0 Å². The molecule has 4 nitrogen and oxygen atoms in total. The van der Waals surface area contributed by atoms with Gasteiger partial charge in [-0.1, -0.05) is 24.3 Å². The molecule has 1 aromatic heterocycles. The van der Waals surface area contributed by atoms with Crippen molar-refractivity contribution >= 4 is 5.69 Å². The van der Waals surface area contributed by atoms with Crippen molar-refractivity contribution in [3.8, 4) is 0 Å². The number of hydrogen-bond acceptors (Lipinski definition) is 3. The quantitative estimate of drug-likeness (QED) is 0.596. The van der Waals surface area contributed by atoms with Crippen molar-refractivity contribution in [3.05, 3.63) is 64.8 Å². The number of benzene rings is 1. The number of nitrogens with zero attached hydrogens (tertiary/aromatic N) is 3. The van der Waals surface area contributed by atoms with E-state index in [1.807, 2.05) is 55.6 Å². The number of aryl methyl sites for hydroxylation is 1. The summed E-state index contributed by atoms with van der Waals surface area (Å²) in [6, 6.07) is 13.4. The molecule has 0 saturated heterocycles. The number of rotatable bonds is 5. The molecule has 1 aromatic carbocycles. The van der Waals surface area contributed by atoms with E-state index in [0.29, 0.717) is 6.54 Å². The van der Waals surface area contributed by atoms with E-state index in [2.05, 4.69) is 10.3 Å². The summed E-state index contributed by atoms with van der Waals surface area (Å²) in [5.74, 6) is 0. The molecule has 0 spiro atoms. The van der Waals surface area contributed by atoms with E-state index in [9.17, 15) is 4.91 Å². The minimum absolute atomic E-state index is 0.554. The monoisotopic (exact) mass is 241 g/mol. The number of para-hydroxylation sites is 1. The second-order valence-electron chi connectivity index (χ2n) is 4.10. The van der Waals surface area contributed by atoms with E-state index >= 15 is 0 Å². The Bertz CT molecular complexity index is 496. The van der Waals surface area contributed by atoms with Gasteiger partial charge < -0.3 is 0 Å². The Balaban J connectivity index is 2.00. The predicted octanol–water partition coefficient (Wildman–Crippen LogP) is 3.12. The fourth-order valence-corrected chi connectivity index (χ4v) is 1.70. The zero-order chi connectivity index (χ0) is 12.8. The summed E-state index contributed by atoms with van der Waals surface area (Å²) < 4.78 is 0. The Morgan fingerprint density at radius 2 is 1.94 bits per heavy atom. The Morgan fingerprint density at radius 1 is 1.17 bits per heavy atom. The SMILES string of the molecule is Cc1ccc(CCN(N=O)c2ccccc2)cn1. The second kappa shape index (κ2) is 5.91. The Morgan fingerprint density at radius 3 is 2.56 bits per heavy atom. The molecule has 0 unspecified atom stereocenters. The van der Waals surface area contributed by atoms with Crippen molar-refractivity contribution in [3.63, 3.8) is 0 Å². The lowest BCUT2D eigenvalue weighted by molar-refractivity contribution is 0.816. The third kappa shape index (κ3) is 3.13. The molecule has 0 N–H and O–H groups in total. The van der Waals surface area contributed by atoms with Gasteiger partial charge in [0, 0.05) is 18.4 Å². The highest BCUT2D eigenvalue weighted by atomic mass is 16.3. The highest BCUT2D eigenvalue weighted by Crippen LogP contribution is 2.14. The van der Waals surface area contributed by atoms with Crippen LogP contribution in [0.15, 0.2) is 53.9 Å². The summed E-state index contributed by atoms with van der Waals surface area (Å²) in [6.07, 6.45) is 2.58. The van der Waals surface area contributed by atoms with Gasteiger partial charge in [0.25, 0.3) is 0 Å². The first-order valence-corrected chi connectivity index (χ1v) is 5.87. The normalized spacial score (nSPS) is 10.1. The van der Waals surface area contributed by atoms with E-state index in [-0.39, 0.29) is 0 Å². The van der Waals surface area contributed by atoms with Crippen LogP contribution in [0.5, 0.6) is 0 Å². The smallest absolute Gasteiger partial charge is 0.0626 e. The molecule has 1 heterocycles. The highest BCUT2D eigenvalue weighted by molar-refractivity contribution is 5.44. The van der Waals surface area contributed by atoms with Gasteiger partial charge in [0.05, 0.1) is 11.0 Å². The summed E-state index contributed by atoms with van der Waals surface area (Å²) in [5, 5.41) is 4.51. The number of pyridine rings is 1. The number of hydrogen-bond donors (Lipinski definition) is 0. The molecule has 0 radical (unpaired) electrons. The van der Waals surface area contributed by atoms with Crippen LogP contribution in [0.1, 0.15) is 11.3 Å². The molecule has 2 aromatic rings. The van der Waals surface area contributed by atoms with Gasteiger partial charge in [0.15, 0.2) is 0 Å². The van der Waals surface area contributed by atoms with Gasteiger partial charge in [-0.15, -0.1) is 4.91 Å². The number of nitroso groups, excluding NO2 is 1. The predicted molar refractivity (Wildman–Crippen MR) is 72.3 cm³/mol. The maximum absolute atomic E-state index is 10.8. The molecule has 2 rings (SSSR count). The molecule has 0 saturated carbocycles. The maximum atomic E-state index is 10.8. The largest absolute Gasteiger partial charge is 0.261 e. The Hall–Kier alpha value is -2.23. The van der Waals surface area contributed by atoms with Crippen molar-refractivity contribution in [2.75, 3.05) is 11.6 Å². The first-order valence-electron chi connectivity index (χ1n) is 5.87. The van der Waals surface area contributed by atoms with Crippen LogP contribution in [0.3, 0.4) is 0 Å². The van der Waals surface area contributed by atoms with Crippen LogP contribution < -0.4 is 5.01 Å². The topological polar surface area (TPSA) is 45.6 Å². The van der Waals surface area contributed by atoms with Crippen molar-refractivity contribution < 1.29 is 0 Å². The van der Waals surface area contributed by atoms with Gasteiger partial charge in [-0.05, 0) is 37.1 Å². The van der Waals surface area contributed by atoms with E-state index in [4.69, 9.17) is 0 Å². The van der Waals surface area contributed by atoms with Gasteiger partial charge in [0.2, 0.25) is 0 Å². The summed E-state index contributed by atoms with van der Waals surface area (Å²) in [6.45, 7) is 2.51. The molecular weight excluding hydrogens is 226 g/mol. The molecule has 0 bridgehead atoms. The van der Waals surface area contributed by atoms with Crippen LogP contribution in [-0.2, 0) is 6.42 Å². The molecule has 0 amide bonds. The van der Waals surface area contributed by atoms with E-state index < -0.39 is 0 Å². The zero-order valence-corrected chi connectivity index (χ0v) is 10.3. The molecule has 0 aliphatic heterocycles. The van der Waals surface area contributed by atoms with E-state index in [1.165, 1.54) is 5.01 Å². The number of anilines is 1. The molecule has 92 valence electrons. The second-order valence-corrected chi connectivity index (χ2v) is 4.10. The Kier molecular flexibility index (Phi) is 4.02. The summed E-state index contributed by atoms with van der Waals surface area (Å²) in [5.41, 5.74) is 2.91. The van der Waals surface area contributed by atoms with Crippen LogP contribution in [0.25, 0.3) is 0 Å². The first-order chi connectivity index (χ1) is 8.79. The average Bonchev–Trinajstić information content (AvgIpc) is 2.43. The van der Waals surface area contributed by atoms with E-state index in [1.54, 1.807) is 0 Å². The molecule has 4 heteroatoms. The van der Waals surface area contributed by atoms with Gasteiger partial charge in [0.1, 0.15) is 0 Å². The third-order valence-electron chi connectivity index (χ3n) is 2.74. The van der Waals surface area contributed by atoms with Gasteiger partial charge >= 0.3 is 0 Å². The summed E-state index contributed by atoms with van der Waals surface area (Å²) in [7, 11) is 0. The van der Waals surface area contributed by atoms with Crippen molar-refractivity contribution in [2.24, 2.45) is 5.29 Å². The summed E-state index contributed by atoms with van der Waals surface area (Å²) >= 11 is 0. The van der Waals surface area contributed by atoms with Crippen molar-refractivity contribution in [1.82, 2.24) is 4.98 Å². The molecule has 0 atom stereocenters. The van der Waals surface area contributed by atoms with E-state index in [0.717, 1.165) is 23.4 Å². The maximum Gasteiger partial charge on any atom is 0.0626 e. The lowest BCUT2D eigenvalue weighted by Gasteiger charge is -2.14. The zero-order valence-electron chi connectivity index (χ0n) is 10.3. The molecule has 0 fully saturated rings. The molecular formula is C14H15N3O. The minimum Gasteiger partial charge on any atom is -0.261 e. The van der Waals surface area contributed by atoms with Crippen LogP contribution in [0.2, 0.25) is 0 Å². The fraction of sp³-hybridized carbons (Fsp3) is 0.214.